The number of hydrogen-bond acceptors (Lipinski definition) is 4. The van der Waals surface area contributed by atoms with Gasteiger partial charge in [-0.3, -0.25) is 13.9 Å². The molecule has 0 fully saturated rings. The monoisotopic (exact) mass is 505 g/mol. The molecule has 35 heavy (non-hydrogen) atoms. The topological polar surface area (TPSA) is 86.8 Å². The third-order valence-electron chi connectivity index (χ3n) is 5.79. The smallest absolute Gasteiger partial charge is 0.244 e. The largest absolute Gasteiger partial charge is 0.354 e. The molecule has 0 radical (unpaired) electrons. The standard InChI is InChI=1S/C26H36FN3O4S/c1-6-7-16-28-26(32)20(4)29(17-21-8-12-23(27)13-9-21)25(31)18-30(35(5,33)34)24-14-10-22(11-15-24)19(2)3/h8-15,19-20H,6-7,16-18H2,1-5H3,(H,28,32). The molecule has 0 bridgehead atoms. The van der Waals surface area contributed by atoms with Crippen LogP contribution in [-0.4, -0.2) is 50.5 Å². The van der Waals surface area contributed by atoms with Gasteiger partial charge in [-0.25, -0.2) is 12.8 Å². The lowest BCUT2D eigenvalue weighted by Crippen LogP contribution is -2.51. The molecule has 0 spiro atoms. The van der Waals surface area contributed by atoms with Gasteiger partial charge in [0.05, 0.1) is 11.9 Å². The van der Waals surface area contributed by atoms with Gasteiger partial charge in [0.2, 0.25) is 21.8 Å². The maximum atomic E-state index is 13.5. The highest BCUT2D eigenvalue weighted by Gasteiger charge is 2.30. The van der Waals surface area contributed by atoms with E-state index in [0.29, 0.717) is 17.8 Å². The average molecular weight is 506 g/mol. The predicted molar refractivity (Wildman–Crippen MR) is 137 cm³/mol. The van der Waals surface area contributed by atoms with Crippen molar-refractivity contribution in [3.63, 3.8) is 0 Å². The zero-order chi connectivity index (χ0) is 26.2. The highest BCUT2D eigenvalue weighted by Crippen LogP contribution is 2.23. The van der Waals surface area contributed by atoms with E-state index < -0.39 is 34.3 Å². The highest BCUT2D eigenvalue weighted by molar-refractivity contribution is 7.92. The van der Waals surface area contributed by atoms with E-state index in [2.05, 4.69) is 5.32 Å². The second-order valence-electron chi connectivity index (χ2n) is 8.98. The summed E-state index contributed by atoms with van der Waals surface area (Å²) in [7, 11) is -3.79. The highest BCUT2D eigenvalue weighted by atomic mass is 32.2. The number of nitrogens with one attached hydrogen (secondary N) is 1. The van der Waals surface area contributed by atoms with Crippen molar-refractivity contribution in [3.05, 3.63) is 65.5 Å². The molecule has 7 nitrogen and oxygen atoms in total. The second kappa shape index (κ2) is 12.7. The van der Waals surface area contributed by atoms with Crippen molar-refractivity contribution < 1.29 is 22.4 Å². The van der Waals surface area contributed by atoms with Crippen molar-refractivity contribution in [1.82, 2.24) is 10.2 Å². The van der Waals surface area contributed by atoms with E-state index in [9.17, 15) is 22.4 Å². The first-order valence-electron chi connectivity index (χ1n) is 11.8. The molecule has 0 saturated heterocycles. The van der Waals surface area contributed by atoms with Crippen molar-refractivity contribution in [2.75, 3.05) is 23.7 Å². The van der Waals surface area contributed by atoms with Crippen molar-refractivity contribution in [3.8, 4) is 0 Å². The van der Waals surface area contributed by atoms with Crippen LogP contribution in [0, 0.1) is 5.82 Å². The van der Waals surface area contributed by atoms with E-state index in [4.69, 9.17) is 0 Å². The van der Waals surface area contributed by atoms with Crippen LogP contribution in [0.25, 0.3) is 0 Å². The number of carbonyl (C=O) groups is 2. The van der Waals surface area contributed by atoms with Crippen molar-refractivity contribution in [2.24, 2.45) is 0 Å². The van der Waals surface area contributed by atoms with Gasteiger partial charge in [-0.15, -0.1) is 0 Å². The van der Waals surface area contributed by atoms with Crippen LogP contribution in [0.3, 0.4) is 0 Å². The number of rotatable bonds is 12. The van der Waals surface area contributed by atoms with Gasteiger partial charge < -0.3 is 10.2 Å². The molecule has 2 aromatic rings. The minimum Gasteiger partial charge on any atom is -0.354 e. The minimum atomic E-state index is -3.79. The fourth-order valence-electron chi connectivity index (χ4n) is 3.54. The molecule has 0 heterocycles. The van der Waals surface area contributed by atoms with E-state index in [-0.39, 0.29) is 18.4 Å². The maximum Gasteiger partial charge on any atom is 0.244 e. The molecular weight excluding hydrogens is 469 g/mol. The average Bonchev–Trinajstić information content (AvgIpc) is 2.81. The SMILES string of the molecule is CCCCNC(=O)C(C)N(Cc1ccc(F)cc1)C(=O)CN(c1ccc(C(C)C)cc1)S(C)(=O)=O. The molecule has 9 heteroatoms. The zero-order valence-corrected chi connectivity index (χ0v) is 21.9. The molecule has 192 valence electrons. The molecule has 0 aliphatic carbocycles. The first-order chi connectivity index (χ1) is 16.4. The quantitative estimate of drug-likeness (QED) is 0.441. The molecule has 0 aromatic heterocycles. The summed E-state index contributed by atoms with van der Waals surface area (Å²) in [6.07, 6.45) is 2.76. The van der Waals surface area contributed by atoms with Crippen molar-refractivity contribution in [1.29, 1.82) is 0 Å². The summed E-state index contributed by atoms with van der Waals surface area (Å²) in [5, 5.41) is 2.82. The zero-order valence-electron chi connectivity index (χ0n) is 21.1. The predicted octanol–water partition coefficient (Wildman–Crippen LogP) is 4.05. The van der Waals surface area contributed by atoms with Gasteiger partial charge in [0.1, 0.15) is 18.4 Å². The Morgan fingerprint density at radius 3 is 2.11 bits per heavy atom. The van der Waals surface area contributed by atoms with E-state index >= 15 is 0 Å². The number of nitrogens with zero attached hydrogens (tertiary/aromatic N) is 2. The molecule has 1 atom stereocenters. The summed E-state index contributed by atoms with van der Waals surface area (Å²) in [6, 6.07) is 11.8. The Hall–Kier alpha value is -2.94. The van der Waals surface area contributed by atoms with Crippen molar-refractivity contribution in [2.45, 2.75) is 59.0 Å². The number of halogens is 1. The normalized spacial score (nSPS) is 12.3. The number of hydrogen-bond donors (Lipinski definition) is 1. The lowest BCUT2D eigenvalue weighted by Gasteiger charge is -2.31. The lowest BCUT2D eigenvalue weighted by atomic mass is 10.0. The number of anilines is 1. The van der Waals surface area contributed by atoms with Crippen LogP contribution in [0.1, 0.15) is 57.6 Å². The van der Waals surface area contributed by atoms with Gasteiger partial charge in [-0.1, -0.05) is 51.5 Å². The van der Waals surface area contributed by atoms with E-state index in [1.165, 1.54) is 29.2 Å². The Bertz CT molecular complexity index is 1090. The first-order valence-corrected chi connectivity index (χ1v) is 13.7. The molecule has 1 unspecified atom stereocenters. The lowest BCUT2D eigenvalue weighted by molar-refractivity contribution is -0.139. The Kier molecular flexibility index (Phi) is 10.2. The van der Waals surface area contributed by atoms with Crippen LogP contribution in [0.2, 0.25) is 0 Å². The van der Waals surface area contributed by atoms with Gasteiger partial charge in [-0.2, -0.15) is 0 Å². The van der Waals surface area contributed by atoms with Gasteiger partial charge in [0, 0.05) is 13.1 Å². The number of sulfonamides is 1. The summed E-state index contributed by atoms with van der Waals surface area (Å²) < 4.78 is 39.7. The van der Waals surface area contributed by atoms with E-state index in [0.717, 1.165) is 29.0 Å². The van der Waals surface area contributed by atoms with Crippen molar-refractivity contribution >= 4 is 27.5 Å². The van der Waals surface area contributed by atoms with E-state index in [1.54, 1.807) is 19.1 Å². The minimum absolute atomic E-state index is 0.0331. The Morgan fingerprint density at radius 1 is 1.00 bits per heavy atom. The molecular formula is C26H36FN3O4S. The van der Waals surface area contributed by atoms with Gasteiger partial charge in [0.15, 0.2) is 0 Å². The van der Waals surface area contributed by atoms with Gasteiger partial charge >= 0.3 is 0 Å². The van der Waals surface area contributed by atoms with Gasteiger partial charge in [-0.05, 0) is 54.7 Å². The Morgan fingerprint density at radius 2 is 1.60 bits per heavy atom. The fourth-order valence-corrected chi connectivity index (χ4v) is 4.39. The number of carbonyl (C=O) groups excluding carboxylic acids is 2. The molecule has 2 amide bonds. The Labute approximate surface area is 208 Å². The number of unbranched alkanes of at least 4 members (excludes halogenated alkanes) is 1. The third kappa shape index (κ3) is 8.35. The maximum absolute atomic E-state index is 13.5. The molecule has 0 saturated carbocycles. The van der Waals surface area contributed by atoms with Gasteiger partial charge in [0.25, 0.3) is 0 Å². The molecule has 2 rings (SSSR count). The summed E-state index contributed by atoms with van der Waals surface area (Å²) in [5.74, 6) is -1.01. The third-order valence-corrected chi connectivity index (χ3v) is 6.93. The van der Waals surface area contributed by atoms with Crippen LogP contribution in [0.15, 0.2) is 48.5 Å². The molecule has 2 aromatic carbocycles. The molecule has 0 aliphatic heterocycles. The first kappa shape index (κ1) is 28.3. The van der Waals surface area contributed by atoms with Crippen LogP contribution >= 0.6 is 0 Å². The summed E-state index contributed by atoms with van der Waals surface area (Å²) in [5.41, 5.74) is 2.04. The Balaban J connectivity index is 2.34. The number of amides is 2. The summed E-state index contributed by atoms with van der Waals surface area (Å²) in [6.45, 7) is 7.73. The molecule has 1 N–H and O–H groups in total. The second-order valence-corrected chi connectivity index (χ2v) is 10.9. The van der Waals surface area contributed by atoms with Crippen LogP contribution in [0.4, 0.5) is 10.1 Å². The fraction of sp³-hybridized carbons (Fsp3) is 0.462. The molecule has 0 aliphatic rings. The van der Waals surface area contributed by atoms with E-state index in [1.807, 2.05) is 32.9 Å². The summed E-state index contributed by atoms with van der Waals surface area (Å²) in [4.78, 5) is 27.6. The summed E-state index contributed by atoms with van der Waals surface area (Å²) >= 11 is 0. The van der Waals surface area contributed by atoms with Crippen LogP contribution < -0.4 is 9.62 Å². The van der Waals surface area contributed by atoms with Crippen LogP contribution in [0.5, 0.6) is 0 Å². The number of benzene rings is 2. The van der Waals surface area contributed by atoms with Crippen LogP contribution in [-0.2, 0) is 26.2 Å².